The minimum Gasteiger partial charge on any atom is -0.349 e. The van der Waals surface area contributed by atoms with Gasteiger partial charge in [0.1, 0.15) is 4.90 Å². The maximum absolute atomic E-state index is 12.7. The molecule has 3 aromatic carbocycles. The molecule has 1 saturated heterocycles. The molecule has 37 heavy (non-hydrogen) atoms. The number of carbonyl (C=O) groups excluding carboxylic acids is 1. The Kier molecular flexibility index (Phi) is 9.50. The van der Waals surface area contributed by atoms with Crippen molar-refractivity contribution in [1.29, 1.82) is 0 Å². The molecule has 1 aliphatic rings. The lowest BCUT2D eigenvalue weighted by molar-refractivity contribution is -0.385. The zero-order chi connectivity index (χ0) is 25.7. The van der Waals surface area contributed by atoms with Gasteiger partial charge in [-0.15, -0.1) is 12.4 Å². The zero-order valence-corrected chi connectivity index (χ0v) is 22.1. The molecule has 0 atom stereocenters. The van der Waals surface area contributed by atoms with E-state index in [-0.39, 0.29) is 35.1 Å². The third-order valence-electron chi connectivity index (χ3n) is 5.99. The summed E-state index contributed by atoms with van der Waals surface area (Å²) in [5, 5.41) is 13.9. The highest BCUT2D eigenvalue weighted by molar-refractivity contribution is 7.92. The average molecular weight is 565 g/mol. The van der Waals surface area contributed by atoms with E-state index in [1.807, 2.05) is 18.2 Å². The highest BCUT2D eigenvalue weighted by atomic mass is 35.5. The predicted octanol–water partition coefficient (Wildman–Crippen LogP) is 4.87. The van der Waals surface area contributed by atoms with Gasteiger partial charge in [0.05, 0.1) is 9.95 Å². The second-order valence-corrected chi connectivity index (χ2v) is 10.6. The number of benzene rings is 3. The number of carbonyl (C=O) groups is 1. The van der Waals surface area contributed by atoms with Crippen LogP contribution in [0.5, 0.6) is 0 Å². The number of non-ortho nitro benzene ring substituents is 1. The standard InChI is InChI=1S/C25H25ClN4O5S.ClH/c26-23-11-10-22(30(32)33)16-24(23)36(34,35)28-21-8-6-19(7-9-21)25(31)27-20-12-14-29(15-13-20)17-18-4-2-1-3-5-18;/h1-11,16,20,28H,12-15,17H2,(H,27,31);1H. The molecule has 0 radical (unpaired) electrons. The van der Waals surface area contributed by atoms with Crippen LogP contribution in [0.15, 0.2) is 77.7 Å². The third kappa shape index (κ3) is 7.42. The molecule has 1 amide bonds. The van der Waals surface area contributed by atoms with Crippen molar-refractivity contribution >= 4 is 51.3 Å². The van der Waals surface area contributed by atoms with Crippen molar-refractivity contribution in [1.82, 2.24) is 10.2 Å². The highest BCUT2D eigenvalue weighted by Crippen LogP contribution is 2.28. The van der Waals surface area contributed by atoms with E-state index in [1.54, 1.807) is 0 Å². The Labute approximate surface area is 226 Å². The largest absolute Gasteiger partial charge is 0.349 e. The second kappa shape index (κ2) is 12.4. The first-order valence-electron chi connectivity index (χ1n) is 11.4. The Balaban J connectivity index is 0.00000380. The summed E-state index contributed by atoms with van der Waals surface area (Å²) < 4.78 is 27.8. The molecule has 12 heteroatoms. The molecule has 0 unspecified atom stereocenters. The molecular formula is C25H26Cl2N4O5S. The zero-order valence-electron chi connectivity index (χ0n) is 19.7. The van der Waals surface area contributed by atoms with Gasteiger partial charge in [0.2, 0.25) is 0 Å². The summed E-state index contributed by atoms with van der Waals surface area (Å²) in [6.07, 6.45) is 1.70. The number of halogens is 2. The van der Waals surface area contributed by atoms with Crippen LogP contribution in [0.1, 0.15) is 28.8 Å². The van der Waals surface area contributed by atoms with E-state index in [1.165, 1.54) is 29.8 Å². The van der Waals surface area contributed by atoms with Gasteiger partial charge >= 0.3 is 0 Å². The summed E-state index contributed by atoms with van der Waals surface area (Å²) >= 11 is 5.96. The lowest BCUT2D eigenvalue weighted by atomic mass is 10.0. The number of nitro benzene ring substituents is 1. The van der Waals surface area contributed by atoms with Crippen LogP contribution in [0.2, 0.25) is 5.02 Å². The van der Waals surface area contributed by atoms with Crippen LogP contribution in [0.3, 0.4) is 0 Å². The molecule has 0 aromatic heterocycles. The quantitative estimate of drug-likeness (QED) is 0.297. The van der Waals surface area contributed by atoms with Crippen molar-refractivity contribution in [2.75, 3.05) is 17.8 Å². The fraction of sp³-hybridized carbons (Fsp3) is 0.240. The van der Waals surface area contributed by atoms with Crippen molar-refractivity contribution in [2.24, 2.45) is 0 Å². The van der Waals surface area contributed by atoms with Gasteiger partial charge in [-0.25, -0.2) is 8.42 Å². The summed E-state index contributed by atoms with van der Waals surface area (Å²) in [6, 6.07) is 19.5. The van der Waals surface area contributed by atoms with Crippen LogP contribution < -0.4 is 10.0 Å². The molecule has 3 aromatic rings. The van der Waals surface area contributed by atoms with Gasteiger partial charge in [-0.1, -0.05) is 41.9 Å². The van der Waals surface area contributed by atoms with E-state index in [0.717, 1.165) is 50.7 Å². The molecule has 2 N–H and O–H groups in total. The van der Waals surface area contributed by atoms with E-state index in [4.69, 9.17) is 11.6 Å². The number of likely N-dealkylation sites (tertiary alicyclic amines) is 1. The number of nitrogens with one attached hydrogen (secondary N) is 2. The Hall–Kier alpha value is -3.18. The normalized spacial score (nSPS) is 14.4. The van der Waals surface area contributed by atoms with Gasteiger partial charge in [-0.3, -0.25) is 24.5 Å². The minimum absolute atomic E-state index is 0. The molecule has 0 bridgehead atoms. The molecule has 196 valence electrons. The molecule has 0 saturated carbocycles. The molecule has 0 spiro atoms. The topological polar surface area (TPSA) is 122 Å². The first-order chi connectivity index (χ1) is 17.2. The number of anilines is 1. The summed E-state index contributed by atoms with van der Waals surface area (Å²) in [5.74, 6) is -0.229. The van der Waals surface area contributed by atoms with Gasteiger partial charge in [-0.05, 0) is 48.7 Å². The van der Waals surface area contributed by atoms with E-state index in [9.17, 15) is 23.3 Å². The average Bonchev–Trinajstić information content (AvgIpc) is 2.86. The fourth-order valence-corrected chi connectivity index (χ4v) is 5.64. The number of nitrogens with zero attached hydrogens (tertiary/aromatic N) is 2. The SMILES string of the molecule is Cl.O=C(NC1CCN(Cc2ccccc2)CC1)c1ccc(NS(=O)(=O)c2cc([N+](=O)[O-])ccc2Cl)cc1. The van der Waals surface area contributed by atoms with Crippen LogP contribution in [-0.2, 0) is 16.6 Å². The summed E-state index contributed by atoms with van der Waals surface area (Å²) in [4.78, 5) is 25.0. The summed E-state index contributed by atoms with van der Waals surface area (Å²) in [5.41, 5.74) is 1.47. The molecule has 9 nitrogen and oxygen atoms in total. The van der Waals surface area contributed by atoms with Crippen molar-refractivity contribution in [3.8, 4) is 0 Å². The van der Waals surface area contributed by atoms with E-state index in [2.05, 4.69) is 27.1 Å². The maximum Gasteiger partial charge on any atom is 0.270 e. The molecule has 4 rings (SSSR count). The summed E-state index contributed by atoms with van der Waals surface area (Å²) in [7, 11) is -4.18. The van der Waals surface area contributed by atoms with Gasteiger partial charge in [0, 0.05) is 49.1 Å². The van der Waals surface area contributed by atoms with Crippen molar-refractivity contribution in [3.63, 3.8) is 0 Å². The van der Waals surface area contributed by atoms with E-state index < -0.39 is 25.5 Å². The van der Waals surface area contributed by atoms with Crippen molar-refractivity contribution in [3.05, 3.63) is 99.1 Å². The number of hydrogen-bond donors (Lipinski definition) is 2. The number of hydrogen-bond acceptors (Lipinski definition) is 6. The molecule has 1 heterocycles. The Bertz CT molecular complexity index is 1350. The second-order valence-electron chi connectivity index (χ2n) is 8.56. The van der Waals surface area contributed by atoms with Crippen LogP contribution >= 0.6 is 24.0 Å². The highest BCUT2D eigenvalue weighted by Gasteiger charge is 2.23. The summed E-state index contributed by atoms with van der Waals surface area (Å²) in [6.45, 7) is 2.67. The molecule has 1 fully saturated rings. The lowest BCUT2D eigenvalue weighted by Gasteiger charge is -2.32. The number of piperidine rings is 1. The van der Waals surface area contributed by atoms with Crippen molar-refractivity contribution < 1.29 is 18.1 Å². The lowest BCUT2D eigenvalue weighted by Crippen LogP contribution is -2.44. The number of sulfonamides is 1. The van der Waals surface area contributed by atoms with Gasteiger partial charge in [0.15, 0.2) is 0 Å². The number of nitro groups is 1. The van der Waals surface area contributed by atoms with E-state index in [0.29, 0.717) is 5.56 Å². The van der Waals surface area contributed by atoms with Crippen LogP contribution in [0.25, 0.3) is 0 Å². The van der Waals surface area contributed by atoms with Gasteiger partial charge < -0.3 is 5.32 Å². The van der Waals surface area contributed by atoms with Gasteiger partial charge in [0.25, 0.3) is 21.6 Å². The van der Waals surface area contributed by atoms with Crippen LogP contribution in [0, 0.1) is 10.1 Å². The van der Waals surface area contributed by atoms with Crippen LogP contribution in [-0.4, -0.2) is 43.3 Å². The fourth-order valence-electron chi connectivity index (χ4n) is 4.06. The Morgan fingerprint density at radius 3 is 2.30 bits per heavy atom. The van der Waals surface area contributed by atoms with Crippen molar-refractivity contribution in [2.45, 2.75) is 30.3 Å². The Morgan fingerprint density at radius 2 is 1.68 bits per heavy atom. The van der Waals surface area contributed by atoms with Gasteiger partial charge in [-0.2, -0.15) is 0 Å². The number of amides is 1. The third-order valence-corrected chi connectivity index (χ3v) is 7.85. The maximum atomic E-state index is 12.7. The molecule has 0 aliphatic carbocycles. The minimum atomic E-state index is -4.18. The number of rotatable bonds is 8. The van der Waals surface area contributed by atoms with E-state index >= 15 is 0 Å². The first-order valence-corrected chi connectivity index (χ1v) is 13.2. The monoisotopic (exact) mass is 564 g/mol. The molecular weight excluding hydrogens is 539 g/mol. The smallest absolute Gasteiger partial charge is 0.270 e. The van der Waals surface area contributed by atoms with Crippen LogP contribution in [0.4, 0.5) is 11.4 Å². The predicted molar refractivity (Wildman–Crippen MR) is 145 cm³/mol. The first kappa shape index (κ1) is 28.4. The Morgan fingerprint density at radius 1 is 1.03 bits per heavy atom. The molecule has 1 aliphatic heterocycles.